The maximum Gasteiger partial charge on any atom is 0.280 e. The number of nitrogens with zero attached hydrogens (tertiary/aromatic N) is 1. The van der Waals surface area contributed by atoms with Crippen molar-refractivity contribution in [2.45, 2.75) is 20.0 Å². The van der Waals surface area contributed by atoms with Gasteiger partial charge in [0.15, 0.2) is 5.96 Å². The minimum Gasteiger partial charge on any atom is -0.486 e. The summed E-state index contributed by atoms with van der Waals surface area (Å²) >= 11 is 6.18. The highest BCUT2D eigenvalue weighted by molar-refractivity contribution is 6.30. The molecule has 0 saturated carbocycles. The van der Waals surface area contributed by atoms with Crippen LogP contribution in [0.3, 0.4) is 0 Å². The molecule has 25 heavy (non-hydrogen) atoms. The lowest BCUT2D eigenvalue weighted by Gasteiger charge is -2.25. The van der Waals surface area contributed by atoms with Crippen molar-refractivity contribution >= 4 is 29.0 Å². The van der Waals surface area contributed by atoms with Crippen LogP contribution in [0.4, 0.5) is 0 Å². The van der Waals surface area contributed by atoms with Crippen LogP contribution in [0.15, 0.2) is 47.5 Å². The maximum atomic E-state index is 12.1. The summed E-state index contributed by atoms with van der Waals surface area (Å²) in [4.78, 5) is 15.7. The van der Waals surface area contributed by atoms with Crippen LogP contribution in [0.2, 0.25) is 5.02 Å². The fraction of sp³-hybridized carbons (Fsp3) is 0.158. The Bertz CT molecular complexity index is 915. The van der Waals surface area contributed by atoms with Gasteiger partial charge in [0.05, 0.1) is 0 Å². The van der Waals surface area contributed by atoms with Gasteiger partial charge in [-0.15, -0.1) is 0 Å². The lowest BCUT2D eigenvalue weighted by molar-refractivity contribution is 0.100. The van der Waals surface area contributed by atoms with E-state index in [0.717, 1.165) is 22.3 Å². The molecule has 5 nitrogen and oxygen atoms in total. The average molecular weight is 356 g/mol. The Morgan fingerprint density at radius 2 is 1.92 bits per heavy atom. The second-order valence-corrected chi connectivity index (χ2v) is 6.35. The molecule has 0 fully saturated rings. The van der Waals surface area contributed by atoms with E-state index in [-0.39, 0.29) is 12.1 Å². The Kier molecular flexibility index (Phi) is 4.51. The van der Waals surface area contributed by atoms with Gasteiger partial charge in [-0.2, -0.15) is 4.99 Å². The predicted octanol–water partition coefficient (Wildman–Crippen LogP) is 3.27. The summed E-state index contributed by atoms with van der Waals surface area (Å²) in [5.41, 5.74) is 14.8. The van der Waals surface area contributed by atoms with Crippen molar-refractivity contribution in [1.29, 1.82) is 0 Å². The lowest BCUT2D eigenvalue weighted by Crippen LogP contribution is -2.24. The van der Waals surface area contributed by atoms with Gasteiger partial charge in [0.25, 0.3) is 5.91 Å². The van der Waals surface area contributed by atoms with Crippen molar-refractivity contribution in [3.8, 4) is 5.75 Å². The number of hydrogen-bond acceptors (Lipinski definition) is 2. The van der Waals surface area contributed by atoms with Crippen LogP contribution >= 0.6 is 11.6 Å². The molecule has 0 aliphatic carbocycles. The molecule has 0 bridgehead atoms. The van der Waals surface area contributed by atoms with Crippen LogP contribution in [0, 0.1) is 6.92 Å². The summed E-state index contributed by atoms with van der Waals surface area (Å²) in [6.07, 6.45) is 1.91. The molecule has 2 aromatic rings. The van der Waals surface area contributed by atoms with Crippen molar-refractivity contribution in [2.24, 2.45) is 16.5 Å². The fourth-order valence-corrected chi connectivity index (χ4v) is 3.01. The molecule has 1 unspecified atom stereocenters. The van der Waals surface area contributed by atoms with Crippen molar-refractivity contribution in [1.82, 2.24) is 0 Å². The number of guanidine groups is 1. The summed E-state index contributed by atoms with van der Waals surface area (Å²) in [7, 11) is 0. The number of rotatable bonds is 2. The van der Waals surface area contributed by atoms with Gasteiger partial charge in [-0.25, -0.2) is 0 Å². The first-order valence-electron chi connectivity index (χ1n) is 7.78. The number of fused-ring (bicyclic) bond motifs is 1. The summed E-state index contributed by atoms with van der Waals surface area (Å²) in [5.74, 6) is -0.0664. The molecule has 0 aromatic heterocycles. The van der Waals surface area contributed by atoms with E-state index in [1.54, 1.807) is 18.2 Å². The Labute approximate surface area is 151 Å². The van der Waals surface area contributed by atoms with Crippen molar-refractivity contribution in [3.05, 3.63) is 69.8 Å². The first-order valence-corrected chi connectivity index (χ1v) is 8.16. The average Bonchev–Trinajstić information content (AvgIpc) is 2.55. The molecule has 1 atom stereocenters. The van der Waals surface area contributed by atoms with E-state index in [4.69, 9.17) is 27.8 Å². The van der Waals surface area contributed by atoms with Crippen molar-refractivity contribution in [2.75, 3.05) is 0 Å². The van der Waals surface area contributed by atoms with Crippen LogP contribution in [0.25, 0.3) is 5.57 Å². The lowest BCUT2D eigenvalue weighted by atomic mass is 9.90. The van der Waals surface area contributed by atoms with E-state index in [1.807, 2.05) is 38.1 Å². The predicted molar refractivity (Wildman–Crippen MR) is 99.9 cm³/mol. The third-order valence-electron chi connectivity index (χ3n) is 3.95. The van der Waals surface area contributed by atoms with Crippen molar-refractivity contribution in [3.63, 3.8) is 0 Å². The molecule has 4 N–H and O–H groups in total. The number of ether oxygens (including phenoxy) is 1. The van der Waals surface area contributed by atoms with Crippen LogP contribution < -0.4 is 16.2 Å². The summed E-state index contributed by atoms with van der Waals surface area (Å²) in [6.45, 7) is 3.97. The Balaban J connectivity index is 2.15. The molecule has 128 valence electrons. The largest absolute Gasteiger partial charge is 0.486 e. The molecule has 1 amide bonds. The number of hydrogen-bond donors (Lipinski definition) is 2. The number of benzene rings is 2. The van der Waals surface area contributed by atoms with Gasteiger partial charge >= 0.3 is 0 Å². The van der Waals surface area contributed by atoms with E-state index in [1.165, 1.54) is 0 Å². The van der Waals surface area contributed by atoms with Gasteiger partial charge in [0.2, 0.25) is 0 Å². The zero-order chi connectivity index (χ0) is 18.1. The highest BCUT2D eigenvalue weighted by Gasteiger charge is 2.22. The first-order chi connectivity index (χ1) is 11.8. The van der Waals surface area contributed by atoms with E-state index in [9.17, 15) is 4.79 Å². The Morgan fingerprint density at radius 3 is 2.64 bits per heavy atom. The number of carbonyl (C=O) groups is 1. The monoisotopic (exact) mass is 355 g/mol. The smallest absolute Gasteiger partial charge is 0.280 e. The molecule has 1 heterocycles. The third-order valence-corrected chi connectivity index (χ3v) is 4.19. The normalized spacial score (nSPS) is 15.6. The van der Waals surface area contributed by atoms with Crippen molar-refractivity contribution < 1.29 is 9.53 Å². The van der Waals surface area contributed by atoms with Gasteiger partial charge in [0.1, 0.15) is 11.9 Å². The van der Waals surface area contributed by atoms with E-state index < -0.39 is 5.91 Å². The second-order valence-electron chi connectivity index (χ2n) is 5.92. The van der Waals surface area contributed by atoms with Gasteiger partial charge < -0.3 is 16.2 Å². The Morgan fingerprint density at radius 1 is 1.16 bits per heavy atom. The standard InChI is InChI=1S/C19H18ClN3O2/c1-10-3-5-13(20)9-14(10)15-7-11(2)25-17-6-4-12(8-16(15)17)18(24)23-19(21)22/h3-9,11H,1-2H3,(H4,21,22,23,24). The van der Waals surface area contributed by atoms with Crippen LogP contribution in [0.1, 0.15) is 34.0 Å². The highest BCUT2D eigenvalue weighted by Crippen LogP contribution is 2.38. The molecular weight excluding hydrogens is 338 g/mol. The van der Waals surface area contributed by atoms with Gasteiger partial charge in [-0.1, -0.05) is 17.7 Å². The van der Waals surface area contributed by atoms with Gasteiger partial charge in [-0.3, -0.25) is 4.79 Å². The molecule has 1 aliphatic heterocycles. The number of halogens is 1. The van der Waals surface area contributed by atoms with E-state index in [0.29, 0.717) is 16.3 Å². The zero-order valence-corrected chi connectivity index (χ0v) is 14.7. The second kappa shape index (κ2) is 6.61. The minimum atomic E-state index is -0.497. The molecule has 0 spiro atoms. The highest BCUT2D eigenvalue weighted by atomic mass is 35.5. The molecule has 6 heteroatoms. The third kappa shape index (κ3) is 3.51. The summed E-state index contributed by atoms with van der Waals surface area (Å²) in [5, 5.41) is 0.648. The number of amides is 1. The molecule has 0 radical (unpaired) electrons. The van der Waals surface area contributed by atoms with Crippen LogP contribution in [-0.2, 0) is 0 Å². The quantitative estimate of drug-likeness (QED) is 0.639. The van der Waals surface area contributed by atoms with E-state index in [2.05, 4.69) is 4.99 Å². The number of aliphatic imine (C=N–C) groups is 1. The SMILES string of the molecule is Cc1ccc(Cl)cc1C1=CC(C)Oc2ccc(C(=O)N=C(N)N)cc21. The van der Waals surface area contributed by atoms with Gasteiger partial charge in [-0.05, 0) is 67.0 Å². The minimum absolute atomic E-state index is 0.0971. The summed E-state index contributed by atoms with van der Waals surface area (Å²) in [6, 6.07) is 10.9. The summed E-state index contributed by atoms with van der Waals surface area (Å²) < 4.78 is 5.86. The number of nitrogens with two attached hydrogens (primary N) is 2. The molecule has 1 aliphatic rings. The van der Waals surface area contributed by atoms with E-state index >= 15 is 0 Å². The number of aryl methyl sites for hydroxylation is 1. The van der Waals surface area contributed by atoms with Crippen LogP contribution in [-0.4, -0.2) is 18.0 Å². The first kappa shape index (κ1) is 17.0. The zero-order valence-electron chi connectivity index (χ0n) is 13.9. The van der Waals surface area contributed by atoms with Crippen LogP contribution in [0.5, 0.6) is 5.75 Å². The molecule has 2 aromatic carbocycles. The van der Waals surface area contributed by atoms with Gasteiger partial charge in [0, 0.05) is 16.1 Å². The Hall–Kier alpha value is -2.79. The topological polar surface area (TPSA) is 90.7 Å². The fourth-order valence-electron chi connectivity index (χ4n) is 2.84. The number of carbonyl (C=O) groups excluding carboxylic acids is 1. The molecular formula is C19H18ClN3O2. The maximum absolute atomic E-state index is 12.1. The molecule has 0 saturated heterocycles. The molecule has 3 rings (SSSR count).